The summed E-state index contributed by atoms with van der Waals surface area (Å²) < 4.78 is 5.05. The van der Waals surface area contributed by atoms with E-state index in [1.807, 2.05) is 25.1 Å². The molecule has 4 unspecified atom stereocenters. The predicted molar refractivity (Wildman–Crippen MR) is 302 cm³/mol. The van der Waals surface area contributed by atoms with Gasteiger partial charge in [0.25, 0.3) is 0 Å². The van der Waals surface area contributed by atoms with Crippen molar-refractivity contribution in [3.05, 3.63) is 247 Å². The SMILES string of the molecule is C=C/C(=C\C)c1nc(-c2ccccc2)nc(C2C=CCC(n3c(/C=C\C)c(C=C)c4c(-c5ccc6c(c5)c5ccccc5n6-c5ccccc5)cccc43)C2[C@H](C)C2Cc3ccccc3-c3ccccc32)n1. The second-order valence-electron chi connectivity index (χ2n) is 19.4. The molecule has 2 aliphatic carbocycles. The van der Waals surface area contributed by atoms with Crippen LogP contribution in [0.4, 0.5) is 0 Å². The zero-order chi connectivity index (χ0) is 48.9. The fraction of sp³-hybridized carbons (Fsp3) is 0.149. The number of allylic oxidation sites excluding steroid dienone is 6. The highest BCUT2D eigenvalue weighted by molar-refractivity contribution is 6.12. The summed E-state index contributed by atoms with van der Waals surface area (Å²) in [7, 11) is 0. The van der Waals surface area contributed by atoms with Crippen molar-refractivity contribution in [2.45, 2.75) is 51.5 Å². The van der Waals surface area contributed by atoms with Crippen LogP contribution in [0.1, 0.15) is 79.1 Å². The summed E-state index contributed by atoms with van der Waals surface area (Å²) >= 11 is 0. The van der Waals surface area contributed by atoms with E-state index in [0.717, 1.165) is 46.7 Å². The molecule has 0 amide bonds. The molecular weight excluding hydrogens is 875 g/mol. The van der Waals surface area contributed by atoms with Gasteiger partial charge < -0.3 is 9.13 Å². The molecule has 2 aliphatic rings. The van der Waals surface area contributed by atoms with Gasteiger partial charge in [0.05, 0.1) is 16.6 Å². The maximum absolute atomic E-state index is 5.45. The van der Waals surface area contributed by atoms with Crippen molar-refractivity contribution in [1.82, 2.24) is 24.1 Å². The molecule has 72 heavy (non-hydrogen) atoms. The lowest BCUT2D eigenvalue weighted by Crippen LogP contribution is -2.37. The Labute approximate surface area is 422 Å². The van der Waals surface area contributed by atoms with Crippen molar-refractivity contribution in [2.24, 2.45) is 11.8 Å². The van der Waals surface area contributed by atoms with Crippen molar-refractivity contribution < 1.29 is 0 Å². The lowest BCUT2D eigenvalue weighted by molar-refractivity contribution is 0.182. The number of nitrogens with zero attached hydrogens (tertiary/aromatic N) is 5. The summed E-state index contributed by atoms with van der Waals surface area (Å²) in [5.74, 6) is 2.40. The largest absolute Gasteiger partial charge is 0.337 e. The molecule has 3 heterocycles. The molecule has 0 spiro atoms. The summed E-state index contributed by atoms with van der Waals surface area (Å²) in [6.07, 6.45) is 17.0. The number of hydrogen-bond donors (Lipinski definition) is 0. The van der Waals surface area contributed by atoms with Gasteiger partial charge in [-0.2, -0.15) is 0 Å². The van der Waals surface area contributed by atoms with Crippen molar-refractivity contribution in [3.8, 4) is 39.3 Å². The van der Waals surface area contributed by atoms with E-state index >= 15 is 0 Å². The van der Waals surface area contributed by atoms with Crippen LogP contribution in [0.25, 0.3) is 89.8 Å². The molecule has 350 valence electrons. The van der Waals surface area contributed by atoms with E-state index in [2.05, 4.69) is 230 Å². The zero-order valence-electron chi connectivity index (χ0n) is 41.2. The summed E-state index contributed by atoms with van der Waals surface area (Å²) in [5.41, 5.74) is 16.7. The lowest BCUT2D eigenvalue weighted by Gasteiger charge is -2.44. The highest BCUT2D eigenvalue weighted by Gasteiger charge is 2.44. The second-order valence-corrected chi connectivity index (χ2v) is 19.4. The number of rotatable bonds is 11. The highest BCUT2D eigenvalue weighted by Crippen LogP contribution is 2.54. The number of para-hydroxylation sites is 2. The third-order valence-corrected chi connectivity index (χ3v) is 15.7. The number of aromatic nitrogens is 5. The average molecular weight is 932 g/mol. The molecule has 7 aromatic carbocycles. The molecule has 10 aromatic rings. The molecule has 3 aromatic heterocycles. The van der Waals surface area contributed by atoms with Crippen LogP contribution in [0.15, 0.2) is 213 Å². The minimum atomic E-state index is -0.147. The third-order valence-electron chi connectivity index (χ3n) is 15.7. The van der Waals surface area contributed by atoms with E-state index in [9.17, 15) is 0 Å². The van der Waals surface area contributed by atoms with Crippen LogP contribution in [0.2, 0.25) is 0 Å². The molecule has 0 bridgehead atoms. The van der Waals surface area contributed by atoms with E-state index in [4.69, 9.17) is 15.0 Å². The van der Waals surface area contributed by atoms with Gasteiger partial charge in [-0.05, 0) is 120 Å². The van der Waals surface area contributed by atoms with Crippen molar-refractivity contribution in [3.63, 3.8) is 0 Å². The average Bonchev–Trinajstić information content (AvgIpc) is 3.95. The molecular formula is C67H57N5. The van der Waals surface area contributed by atoms with Gasteiger partial charge in [-0.3, -0.25) is 0 Å². The van der Waals surface area contributed by atoms with E-state index in [-0.39, 0.29) is 29.7 Å². The zero-order valence-corrected chi connectivity index (χ0v) is 41.2. The molecule has 12 rings (SSSR count). The molecule has 5 nitrogen and oxygen atoms in total. The maximum atomic E-state index is 5.45. The van der Waals surface area contributed by atoms with Gasteiger partial charge in [0.1, 0.15) is 5.82 Å². The van der Waals surface area contributed by atoms with Crippen LogP contribution < -0.4 is 0 Å². The summed E-state index contributed by atoms with van der Waals surface area (Å²) in [4.78, 5) is 16.0. The van der Waals surface area contributed by atoms with Crippen molar-refractivity contribution >= 4 is 50.4 Å². The molecule has 0 radical (unpaired) electrons. The Morgan fingerprint density at radius 2 is 1.38 bits per heavy atom. The summed E-state index contributed by atoms with van der Waals surface area (Å²) in [6.45, 7) is 15.4. The first-order valence-electron chi connectivity index (χ1n) is 25.4. The van der Waals surface area contributed by atoms with Crippen LogP contribution in [-0.4, -0.2) is 24.1 Å². The summed E-state index contributed by atoms with van der Waals surface area (Å²) in [5, 5.41) is 3.67. The fourth-order valence-corrected chi connectivity index (χ4v) is 12.5. The second kappa shape index (κ2) is 18.7. The molecule has 0 saturated carbocycles. The number of benzene rings is 7. The van der Waals surface area contributed by atoms with Crippen molar-refractivity contribution in [1.29, 1.82) is 0 Å². The monoisotopic (exact) mass is 931 g/mol. The van der Waals surface area contributed by atoms with Gasteiger partial charge in [-0.1, -0.05) is 190 Å². The Hall–Kier alpha value is -8.41. The first kappa shape index (κ1) is 44.8. The van der Waals surface area contributed by atoms with Crippen LogP contribution >= 0.6 is 0 Å². The van der Waals surface area contributed by atoms with Gasteiger partial charge >= 0.3 is 0 Å². The quantitative estimate of drug-likeness (QED) is 0.0959. The Balaban J connectivity index is 1.08. The van der Waals surface area contributed by atoms with Gasteiger partial charge in [0, 0.05) is 56.2 Å². The first-order chi connectivity index (χ1) is 35.5. The number of hydrogen-bond acceptors (Lipinski definition) is 3. The van der Waals surface area contributed by atoms with Crippen LogP contribution in [0.5, 0.6) is 0 Å². The van der Waals surface area contributed by atoms with E-state index in [1.54, 1.807) is 0 Å². The fourth-order valence-electron chi connectivity index (χ4n) is 12.5. The molecule has 5 atom stereocenters. The Morgan fingerprint density at radius 1 is 0.667 bits per heavy atom. The van der Waals surface area contributed by atoms with Gasteiger partial charge in [0.2, 0.25) is 0 Å². The predicted octanol–water partition coefficient (Wildman–Crippen LogP) is 17.1. The van der Waals surface area contributed by atoms with E-state index < -0.39 is 0 Å². The van der Waals surface area contributed by atoms with E-state index in [0.29, 0.717) is 11.6 Å². The minimum absolute atomic E-state index is 0.0179. The first-order valence-corrected chi connectivity index (χ1v) is 25.4. The van der Waals surface area contributed by atoms with Crippen LogP contribution in [0.3, 0.4) is 0 Å². The van der Waals surface area contributed by atoms with Gasteiger partial charge in [-0.25, -0.2) is 15.0 Å². The van der Waals surface area contributed by atoms with Gasteiger partial charge in [0.15, 0.2) is 11.6 Å². The Morgan fingerprint density at radius 3 is 2.17 bits per heavy atom. The maximum Gasteiger partial charge on any atom is 0.163 e. The van der Waals surface area contributed by atoms with Gasteiger partial charge in [-0.15, -0.1) is 0 Å². The lowest BCUT2D eigenvalue weighted by atomic mass is 9.63. The highest BCUT2D eigenvalue weighted by atomic mass is 15.1. The number of fused-ring (bicyclic) bond motifs is 7. The molecule has 5 heteroatoms. The molecule has 0 fully saturated rings. The topological polar surface area (TPSA) is 48.5 Å². The van der Waals surface area contributed by atoms with Crippen LogP contribution in [0, 0.1) is 11.8 Å². The molecule has 0 saturated heterocycles. The van der Waals surface area contributed by atoms with Crippen molar-refractivity contribution in [2.75, 3.05) is 0 Å². The Bertz CT molecular complexity index is 3810. The van der Waals surface area contributed by atoms with Crippen LogP contribution in [-0.2, 0) is 6.42 Å². The molecule has 0 aliphatic heterocycles. The smallest absolute Gasteiger partial charge is 0.163 e. The minimum Gasteiger partial charge on any atom is -0.337 e. The third kappa shape index (κ3) is 7.42. The Kier molecular flexibility index (Phi) is 11.6. The normalized spacial score (nSPS) is 18.1. The molecule has 0 N–H and O–H groups in total. The summed E-state index contributed by atoms with van der Waals surface area (Å²) in [6, 6.07) is 61.8. The van der Waals surface area contributed by atoms with E-state index in [1.165, 1.54) is 66.1 Å². The standard InChI is InChI=1S/C67H57N5/c1-6-24-58-49(9-4)64-51(47-39-40-60-57(42-47)54-33-20-21-36-59(54)71(60)48-28-14-11-15-29-48)34-22-38-62(64)72(58)61-37-23-35-55(67-69-65(44(7-2)8-3)68-66(70-67)45-25-12-10-13-26-45)63(61)43(5)56-41-46-27-16-17-30-50(46)52-31-18-19-32-53(52)56/h6-36,38-40,42-43,55-56,61,63H,2,4,37,41H2,1,3,5H3/b24-6-,44-8+/t43-,55?,56?,61?,63?/m1/s1.